The molecule has 19 heteroatoms. The molecule has 0 radical (unpaired) electrons. The number of nitrogens with one attached hydrogen (secondary N) is 2. The van der Waals surface area contributed by atoms with Crippen molar-refractivity contribution in [2.24, 2.45) is 17.8 Å². The van der Waals surface area contributed by atoms with E-state index in [1.165, 1.54) is 44.8 Å². The first-order valence-corrected chi connectivity index (χ1v) is 27.6. The van der Waals surface area contributed by atoms with Gasteiger partial charge in [-0.05, 0) is 83.3 Å². The van der Waals surface area contributed by atoms with Crippen molar-refractivity contribution in [1.82, 2.24) is 30.2 Å². The van der Waals surface area contributed by atoms with Crippen molar-refractivity contribution in [3.8, 4) is 0 Å². The fourth-order valence-electron chi connectivity index (χ4n) is 9.85. The molecule has 0 spiro atoms. The number of hydrogen-bond donors (Lipinski definition) is 3. The van der Waals surface area contributed by atoms with Gasteiger partial charge in [0.05, 0.1) is 5.60 Å². The maximum Gasteiger partial charge on any atom is 0.408 e. The average molecular weight is 1110 g/mol. The van der Waals surface area contributed by atoms with Gasteiger partial charge in [-0.1, -0.05) is 133 Å². The zero-order chi connectivity index (χ0) is 59.8. The molecule has 0 saturated carbocycles. The lowest BCUT2D eigenvalue weighted by Crippen LogP contribution is -2.61. The van der Waals surface area contributed by atoms with Crippen molar-refractivity contribution >= 4 is 53.4 Å². The number of likely N-dealkylation sites (tertiary alicyclic amines) is 1. The highest BCUT2D eigenvalue weighted by Gasteiger charge is 2.47. The Kier molecular flexibility index (Phi) is 24.0. The van der Waals surface area contributed by atoms with Gasteiger partial charge in [0.15, 0.2) is 24.5 Å². The Balaban J connectivity index is 1.65. The minimum absolute atomic E-state index is 0.0262. The van der Waals surface area contributed by atoms with Crippen LogP contribution in [-0.2, 0) is 60.6 Å². The molecule has 1 fully saturated rings. The van der Waals surface area contributed by atoms with Gasteiger partial charge in [-0.25, -0.2) is 14.4 Å². The van der Waals surface area contributed by atoms with Crippen LogP contribution in [0.25, 0.3) is 0 Å². The summed E-state index contributed by atoms with van der Waals surface area (Å²) in [5.41, 5.74) is -1.05. The lowest BCUT2D eigenvalue weighted by Gasteiger charge is -2.39. The van der Waals surface area contributed by atoms with Crippen LogP contribution in [0.15, 0.2) is 91.0 Å². The quantitative estimate of drug-likeness (QED) is 0.0463. The van der Waals surface area contributed by atoms with Crippen molar-refractivity contribution in [2.75, 3.05) is 34.3 Å². The number of hydrogen-bond acceptors (Lipinski definition) is 13. The number of carbonyl (C=O) groups excluding carboxylic acids is 9. The molecule has 19 nitrogen and oxygen atoms in total. The summed E-state index contributed by atoms with van der Waals surface area (Å²) >= 11 is 0. The Bertz CT molecular complexity index is 2580. The number of benzene rings is 3. The normalized spacial score (nSPS) is 16.2. The topological polar surface area (TPSA) is 239 Å². The second-order valence-electron chi connectivity index (χ2n) is 23.2. The first-order valence-electron chi connectivity index (χ1n) is 27.6. The fraction of sp³-hybridized carbons (Fsp3) is 0.557. The predicted molar refractivity (Wildman–Crippen MR) is 301 cm³/mol. The summed E-state index contributed by atoms with van der Waals surface area (Å²) in [6.07, 6.45) is -1.14. The molecule has 8 atom stereocenters. The Morgan fingerprint density at radius 1 is 0.700 bits per heavy atom. The number of nitrogens with zero attached hydrogens (tertiary/aromatic N) is 4. The number of amides is 6. The van der Waals surface area contributed by atoms with Gasteiger partial charge in [-0.15, -0.1) is 0 Å². The van der Waals surface area contributed by atoms with Crippen LogP contribution in [0.1, 0.15) is 123 Å². The highest BCUT2D eigenvalue weighted by atomic mass is 16.6. The van der Waals surface area contributed by atoms with Gasteiger partial charge in [0.25, 0.3) is 5.91 Å². The van der Waals surface area contributed by atoms with E-state index < -0.39 is 125 Å². The lowest BCUT2D eigenvalue weighted by atomic mass is 9.94. The standard InChI is InChI=1S/C61H86N6O13/c1-15-40(6)50(79-58(75)51(61(10,11)77)66(14)54(71)44(34-38(2)3)63-59(76)80-60(7,8)9)56(73)65(13)49(39(4)5)52(69)62-45(35-41-26-19-16-20-27-41)53(70)64(12)47(36-42-28-21-17-22-29-42)55(72)67-33-25-32-46(67)57(74)78-37-48(68)43-30-23-18-24-31-43/h16-24,26-31,38-40,44-47,49-51,77H,15,25,32-37H2,1-14H3,(H,62,69)(H,63,76)/t40-,44+,45+,46+,47+,49+,50-,51?/m1/s1. The molecule has 80 heavy (non-hydrogen) atoms. The largest absolute Gasteiger partial charge is 0.456 e. The molecule has 6 amide bonds. The third kappa shape index (κ3) is 18.5. The van der Waals surface area contributed by atoms with E-state index >= 15 is 4.79 Å². The number of likely N-dealkylation sites (N-methyl/N-ethyl adjacent to an activating group) is 3. The molecule has 4 rings (SSSR count). The summed E-state index contributed by atoms with van der Waals surface area (Å²) in [6, 6.07) is 18.8. The van der Waals surface area contributed by atoms with Gasteiger partial charge in [0.2, 0.25) is 23.6 Å². The molecule has 1 saturated heterocycles. The Morgan fingerprint density at radius 2 is 1.24 bits per heavy atom. The van der Waals surface area contributed by atoms with Crippen molar-refractivity contribution < 1.29 is 62.5 Å². The highest BCUT2D eigenvalue weighted by molar-refractivity contribution is 5.99. The second-order valence-corrected chi connectivity index (χ2v) is 23.2. The molecular weight excluding hydrogens is 1020 g/mol. The fourth-order valence-corrected chi connectivity index (χ4v) is 9.85. The van der Waals surface area contributed by atoms with Crippen molar-refractivity contribution in [1.29, 1.82) is 0 Å². The number of ether oxygens (including phenoxy) is 3. The Hall–Kier alpha value is -7.15. The summed E-state index contributed by atoms with van der Waals surface area (Å²) in [5.74, 6) is -6.98. The summed E-state index contributed by atoms with van der Waals surface area (Å²) < 4.78 is 16.9. The summed E-state index contributed by atoms with van der Waals surface area (Å²) in [6.45, 7) is 17.9. The molecule has 1 heterocycles. The minimum Gasteiger partial charge on any atom is -0.456 e. The average Bonchev–Trinajstić information content (AvgIpc) is 3.90. The maximum absolute atomic E-state index is 15.2. The smallest absolute Gasteiger partial charge is 0.408 e. The number of esters is 2. The van der Waals surface area contributed by atoms with Crippen LogP contribution in [0.5, 0.6) is 0 Å². The highest BCUT2D eigenvalue weighted by Crippen LogP contribution is 2.26. The van der Waals surface area contributed by atoms with E-state index in [2.05, 4.69) is 10.6 Å². The first-order chi connectivity index (χ1) is 37.5. The third-order valence-corrected chi connectivity index (χ3v) is 14.2. The van der Waals surface area contributed by atoms with E-state index in [0.717, 1.165) is 15.4 Å². The number of carbonyl (C=O) groups is 9. The molecule has 1 unspecified atom stereocenters. The van der Waals surface area contributed by atoms with Crippen molar-refractivity contribution in [3.05, 3.63) is 108 Å². The van der Waals surface area contributed by atoms with Crippen LogP contribution < -0.4 is 10.6 Å². The third-order valence-electron chi connectivity index (χ3n) is 14.2. The second kappa shape index (κ2) is 29.4. The lowest BCUT2D eigenvalue weighted by molar-refractivity contribution is -0.177. The first kappa shape index (κ1) is 65.4. The van der Waals surface area contributed by atoms with E-state index in [4.69, 9.17) is 14.2 Å². The molecule has 1 aliphatic heterocycles. The number of alkyl carbamates (subject to hydrolysis) is 1. The van der Waals surface area contributed by atoms with E-state index in [0.29, 0.717) is 24.0 Å². The molecule has 3 aromatic carbocycles. The van der Waals surface area contributed by atoms with E-state index in [-0.39, 0.29) is 38.1 Å². The number of rotatable bonds is 26. The van der Waals surface area contributed by atoms with Crippen molar-refractivity contribution in [2.45, 2.75) is 168 Å². The molecule has 3 N–H and O–H groups in total. The molecule has 1 aliphatic rings. The van der Waals surface area contributed by atoms with Crippen LogP contribution in [-0.4, -0.2) is 166 Å². The van der Waals surface area contributed by atoms with Crippen LogP contribution >= 0.6 is 0 Å². The zero-order valence-corrected chi connectivity index (χ0v) is 49.2. The minimum atomic E-state index is -1.93. The Labute approximate surface area is 472 Å². The maximum atomic E-state index is 15.2. The molecule has 0 aliphatic carbocycles. The summed E-state index contributed by atoms with van der Waals surface area (Å²) in [5, 5.41) is 17.0. The molecule has 0 aromatic heterocycles. The van der Waals surface area contributed by atoms with E-state index in [9.17, 15) is 43.5 Å². The van der Waals surface area contributed by atoms with E-state index in [1.54, 1.807) is 121 Å². The van der Waals surface area contributed by atoms with E-state index in [1.807, 2.05) is 32.0 Å². The van der Waals surface area contributed by atoms with Gasteiger partial charge in [-0.3, -0.25) is 28.8 Å². The van der Waals surface area contributed by atoms with Crippen LogP contribution in [0.3, 0.4) is 0 Å². The molecule has 438 valence electrons. The molecular formula is C61H86N6O13. The predicted octanol–water partition coefficient (Wildman–Crippen LogP) is 6.18. The van der Waals surface area contributed by atoms with Crippen LogP contribution in [0.4, 0.5) is 4.79 Å². The summed E-state index contributed by atoms with van der Waals surface area (Å²) in [4.78, 5) is 133. The van der Waals surface area contributed by atoms with Gasteiger partial charge in [0.1, 0.15) is 35.8 Å². The summed E-state index contributed by atoms with van der Waals surface area (Å²) in [7, 11) is 4.15. The zero-order valence-electron chi connectivity index (χ0n) is 49.2. The SMILES string of the molecule is CC[C@@H](C)[C@@H](OC(=O)C(N(C)C(=O)[C@H](CC(C)C)NC(=O)OC(C)(C)C)C(C)(C)O)C(=O)N(C)[C@H](C(=O)N[C@@H](Cc1ccccc1)C(=O)N(C)[C@@H](Cc1ccccc1)C(=O)N1CCC[C@H]1C(=O)OCC(=O)c1ccccc1)C(C)C. The Morgan fingerprint density at radius 3 is 1.75 bits per heavy atom. The number of aliphatic hydroxyl groups is 1. The van der Waals surface area contributed by atoms with Gasteiger partial charge < -0.3 is 49.6 Å². The molecule has 3 aromatic rings. The van der Waals surface area contributed by atoms with Gasteiger partial charge in [0, 0.05) is 52.0 Å². The monoisotopic (exact) mass is 1110 g/mol. The van der Waals surface area contributed by atoms with Crippen LogP contribution in [0, 0.1) is 17.8 Å². The van der Waals surface area contributed by atoms with Gasteiger partial charge in [-0.2, -0.15) is 0 Å². The van der Waals surface area contributed by atoms with Crippen molar-refractivity contribution in [3.63, 3.8) is 0 Å². The van der Waals surface area contributed by atoms with Crippen LogP contribution in [0.2, 0.25) is 0 Å². The number of ketones is 1. The number of Topliss-reactive ketones (excluding diaryl/α,β-unsaturated/α-hetero) is 1. The molecule has 0 bridgehead atoms. The van der Waals surface area contributed by atoms with Gasteiger partial charge >= 0.3 is 18.0 Å².